The van der Waals surface area contributed by atoms with Gasteiger partial charge in [0.1, 0.15) is 5.75 Å². The van der Waals surface area contributed by atoms with E-state index in [0.717, 1.165) is 52.3 Å². The third-order valence-corrected chi connectivity index (χ3v) is 7.27. The molecule has 5 rings (SSSR count). The number of hydrogen-bond acceptors (Lipinski definition) is 6. The number of Topliss-reactive ketones (excluding diaryl/α,β-unsaturated/α-hetero) is 1. The third kappa shape index (κ3) is 3.92. The van der Waals surface area contributed by atoms with Gasteiger partial charge in [-0.2, -0.15) is 5.10 Å². The molecule has 0 spiro atoms. The molecule has 7 heteroatoms. The van der Waals surface area contributed by atoms with Gasteiger partial charge < -0.3 is 19.5 Å². The number of rotatable bonds is 6. The average Bonchev–Trinajstić information content (AvgIpc) is 3.29. The monoisotopic (exact) mass is 487 g/mol. The molecule has 1 aliphatic heterocycles. The number of nitrogens with zero attached hydrogens (tertiary/aromatic N) is 1. The van der Waals surface area contributed by atoms with Crippen LogP contribution in [0.15, 0.2) is 47.7 Å². The molecular formula is C29H33N3O4. The smallest absolute Gasteiger partial charge is 0.164 e. The Hall–Kier alpha value is -3.74. The summed E-state index contributed by atoms with van der Waals surface area (Å²) in [7, 11) is 4.84. The van der Waals surface area contributed by atoms with Gasteiger partial charge in [-0.1, -0.05) is 45.0 Å². The number of H-pyrrole nitrogens is 1. The first-order chi connectivity index (χ1) is 17.3. The van der Waals surface area contributed by atoms with Gasteiger partial charge in [0, 0.05) is 40.8 Å². The standard InChI is InChI=1S/C29H33N3O4/c1-7-16-8-10-17(11-9-16)27-26-24(18-12-22(35-5)23(36-6)13-21(18)34-4)25-19(30-28(26)32-31-27)14-29(2,3)15-20(25)33/h8-13,24H,7,14-15H2,1-6H3,(H2,30,31,32). The molecule has 1 aromatic heterocycles. The molecule has 0 bridgehead atoms. The Kier molecular flexibility index (Phi) is 6.02. The Balaban J connectivity index is 1.78. The Bertz CT molecular complexity index is 1350. The zero-order valence-corrected chi connectivity index (χ0v) is 21.7. The summed E-state index contributed by atoms with van der Waals surface area (Å²) in [5.74, 6) is 2.26. The number of aryl methyl sites for hydroxylation is 1. The fraction of sp³-hybridized carbons (Fsp3) is 0.379. The van der Waals surface area contributed by atoms with E-state index in [4.69, 9.17) is 14.2 Å². The quantitative estimate of drug-likeness (QED) is 0.453. The number of aromatic nitrogens is 2. The van der Waals surface area contributed by atoms with Crippen LogP contribution >= 0.6 is 0 Å². The van der Waals surface area contributed by atoms with Crippen molar-refractivity contribution in [2.75, 3.05) is 26.6 Å². The minimum absolute atomic E-state index is 0.134. The van der Waals surface area contributed by atoms with Gasteiger partial charge in [0.2, 0.25) is 0 Å². The van der Waals surface area contributed by atoms with E-state index in [2.05, 4.69) is 60.6 Å². The normalized spacial score (nSPS) is 18.3. The number of aromatic amines is 1. The van der Waals surface area contributed by atoms with Gasteiger partial charge in [0.05, 0.1) is 27.0 Å². The van der Waals surface area contributed by atoms with Crippen LogP contribution in [0.3, 0.4) is 0 Å². The second kappa shape index (κ2) is 9.04. The second-order valence-corrected chi connectivity index (χ2v) is 10.3. The second-order valence-electron chi connectivity index (χ2n) is 10.3. The fourth-order valence-corrected chi connectivity index (χ4v) is 5.51. The van der Waals surface area contributed by atoms with Crippen LogP contribution in [0.1, 0.15) is 56.2 Å². The Morgan fingerprint density at radius 1 is 0.972 bits per heavy atom. The molecule has 2 aliphatic rings. The Morgan fingerprint density at radius 2 is 1.64 bits per heavy atom. The van der Waals surface area contributed by atoms with Gasteiger partial charge in [-0.3, -0.25) is 9.89 Å². The summed E-state index contributed by atoms with van der Waals surface area (Å²) in [5, 5.41) is 11.4. The number of hydrogen-bond donors (Lipinski definition) is 2. The van der Waals surface area contributed by atoms with Crippen LogP contribution in [0.5, 0.6) is 17.2 Å². The summed E-state index contributed by atoms with van der Waals surface area (Å²) in [6, 6.07) is 12.2. The van der Waals surface area contributed by atoms with Crippen molar-refractivity contribution in [2.45, 2.75) is 46.0 Å². The number of ketones is 1. The zero-order valence-electron chi connectivity index (χ0n) is 21.7. The molecule has 0 saturated heterocycles. The number of fused-ring (bicyclic) bond motifs is 1. The minimum Gasteiger partial charge on any atom is -0.496 e. The van der Waals surface area contributed by atoms with E-state index in [1.807, 2.05) is 12.1 Å². The molecule has 0 radical (unpaired) electrons. The van der Waals surface area contributed by atoms with Gasteiger partial charge in [-0.05, 0) is 35.4 Å². The van der Waals surface area contributed by atoms with Crippen LogP contribution in [0.2, 0.25) is 0 Å². The predicted molar refractivity (Wildman–Crippen MR) is 140 cm³/mol. The molecule has 2 heterocycles. The van der Waals surface area contributed by atoms with Crippen molar-refractivity contribution in [2.24, 2.45) is 5.41 Å². The largest absolute Gasteiger partial charge is 0.496 e. The van der Waals surface area contributed by atoms with E-state index >= 15 is 0 Å². The van der Waals surface area contributed by atoms with E-state index in [1.165, 1.54) is 5.56 Å². The Morgan fingerprint density at radius 3 is 2.28 bits per heavy atom. The van der Waals surface area contributed by atoms with Crippen molar-refractivity contribution in [1.29, 1.82) is 0 Å². The maximum atomic E-state index is 13.7. The number of nitrogens with one attached hydrogen (secondary N) is 2. The topological polar surface area (TPSA) is 85.5 Å². The van der Waals surface area contributed by atoms with Gasteiger partial charge in [-0.25, -0.2) is 0 Å². The Labute approximate surface area is 211 Å². The lowest BCUT2D eigenvalue weighted by atomic mass is 9.68. The van der Waals surface area contributed by atoms with E-state index in [9.17, 15) is 4.79 Å². The van der Waals surface area contributed by atoms with E-state index in [1.54, 1.807) is 21.3 Å². The number of allylic oxidation sites excluding steroid dienone is 2. The molecule has 2 aromatic carbocycles. The minimum atomic E-state index is -0.380. The van der Waals surface area contributed by atoms with Gasteiger partial charge in [-0.15, -0.1) is 0 Å². The van der Waals surface area contributed by atoms with Crippen molar-refractivity contribution < 1.29 is 19.0 Å². The fourth-order valence-electron chi connectivity index (χ4n) is 5.51. The molecule has 1 atom stereocenters. The third-order valence-electron chi connectivity index (χ3n) is 7.27. The van der Waals surface area contributed by atoms with E-state index in [-0.39, 0.29) is 17.1 Å². The number of carbonyl (C=O) groups is 1. The summed E-state index contributed by atoms with van der Waals surface area (Å²) in [5.41, 5.74) is 6.47. The molecule has 3 aromatic rings. The molecule has 7 nitrogen and oxygen atoms in total. The maximum Gasteiger partial charge on any atom is 0.164 e. The van der Waals surface area contributed by atoms with Crippen molar-refractivity contribution in [1.82, 2.24) is 10.2 Å². The maximum absolute atomic E-state index is 13.7. The number of methoxy groups -OCH3 is 3. The van der Waals surface area contributed by atoms with Crippen molar-refractivity contribution in [3.8, 4) is 28.5 Å². The SMILES string of the molecule is CCc1ccc(-c2[nH]nc3c2C(c2cc(OC)c(OC)cc2OC)C2=C(CC(C)(C)CC2=O)N3)cc1. The van der Waals surface area contributed by atoms with Crippen LogP contribution in [0.4, 0.5) is 5.82 Å². The van der Waals surface area contributed by atoms with Gasteiger partial charge >= 0.3 is 0 Å². The van der Waals surface area contributed by atoms with Gasteiger partial charge in [0.25, 0.3) is 0 Å². The first-order valence-electron chi connectivity index (χ1n) is 12.3. The lowest BCUT2D eigenvalue weighted by Crippen LogP contribution is -2.33. The highest BCUT2D eigenvalue weighted by atomic mass is 16.5. The predicted octanol–water partition coefficient (Wildman–Crippen LogP) is 5.87. The zero-order chi connectivity index (χ0) is 25.6. The lowest BCUT2D eigenvalue weighted by Gasteiger charge is -2.38. The molecule has 0 saturated carbocycles. The number of ether oxygens (including phenoxy) is 3. The molecule has 0 amide bonds. The first kappa shape index (κ1) is 24.0. The van der Waals surface area contributed by atoms with Crippen molar-refractivity contribution in [3.05, 3.63) is 64.4 Å². The molecule has 2 N–H and O–H groups in total. The summed E-state index contributed by atoms with van der Waals surface area (Å²) in [6.07, 6.45) is 2.20. The van der Waals surface area contributed by atoms with Gasteiger partial charge in [0.15, 0.2) is 23.1 Å². The molecule has 1 aliphatic carbocycles. The van der Waals surface area contributed by atoms with Crippen LogP contribution in [-0.2, 0) is 11.2 Å². The molecule has 36 heavy (non-hydrogen) atoms. The summed E-state index contributed by atoms with van der Waals surface area (Å²) >= 11 is 0. The van der Waals surface area contributed by atoms with E-state index in [0.29, 0.717) is 23.7 Å². The molecule has 1 unspecified atom stereocenters. The van der Waals surface area contributed by atoms with Crippen LogP contribution in [0, 0.1) is 5.41 Å². The highest BCUT2D eigenvalue weighted by Crippen LogP contribution is 2.53. The number of benzene rings is 2. The summed E-state index contributed by atoms with van der Waals surface area (Å²) in [4.78, 5) is 13.7. The lowest BCUT2D eigenvalue weighted by molar-refractivity contribution is -0.118. The molecule has 0 fully saturated rings. The van der Waals surface area contributed by atoms with Crippen LogP contribution in [-0.4, -0.2) is 37.3 Å². The number of anilines is 1. The van der Waals surface area contributed by atoms with Crippen molar-refractivity contribution in [3.63, 3.8) is 0 Å². The van der Waals surface area contributed by atoms with Crippen LogP contribution in [0.25, 0.3) is 11.3 Å². The highest BCUT2D eigenvalue weighted by Gasteiger charge is 2.44. The summed E-state index contributed by atoms with van der Waals surface area (Å²) < 4.78 is 17.0. The summed E-state index contributed by atoms with van der Waals surface area (Å²) in [6.45, 7) is 6.40. The molecular weight excluding hydrogens is 454 g/mol. The number of carbonyl (C=O) groups excluding carboxylic acids is 1. The first-order valence-corrected chi connectivity index (χ1v) is 12.3. The van der Waals surface area contributed by atoms with Crippen molar-refractivity contribution >= 4 is 11.6 Å². The average molecular weight is 488 g/mol. The van der Waals surface area contributed by atoms with Crippen LogP contribution < -0.4 is 19.5 Å². The molecule has 188 valence electrons. The highest BCUT2D eigenvalue weighted by molar-refractivity contribution is 6.02. The van der Waals surface area contributed by atoms with E-state index < -0.39 is 0 Å².